The molecule has 3 aromatic rings. The van der Waals surface area contributed by atoms with Crippen LogP contribution in [-0.2, 0) is 22.6 Å². The normalized spacial score (nSPS) is 15.5. The summed E-state index contributed by atoms with van der Waals surface area (Å²) in [6, 6.07) is 13.2. The lowest BCUT2D eigenvalue weighted by atomic mass is 10.1. The molecule has 4 rings (SSSR count). The van der Waals surface area contributed by atoms with Crippen molar-refractivity contribution in [1.29, 1.82) is 0 Å². The number of hydrogen-bond acceptors (Lipinski definition) is 6. The molecule has 172 valence electrons. The molecular weight excluding hydrogens is 454 g/mol. The van der Waals surface area contributed by atoms with Gasteiger partial charge in [0.2, 0.25) is 11.8 Å². The van der Waals surface area contributed by atoms with Gasteiger partial charge in [0.05, 0.1) is 18.0 Å². The summed E-state index contributed by atoms with van der Waals surface area (Å²) < 4.78 is 5.78. The molecule has 33 heavy (non-hydrogen) atoms. The standard InChI is InChI=1S/C25H27N3O3S2/c1-16-4-8-21(9-5-16)31-12-23-26-20(13-33-23)11-24(29)28-15-32-14-22(28)25(30)27-19-7-6-17(2)18(3)10-19/h4-10,13,22H,11-12,14-15H2,1-3H3,(H,27,30). The highest BCUT2D eigenvalue weighted by Crippen LogP contribution is 2.24. The third-order valence-corrected chi connectivity index (χ3v) is 7.48. The number of carbonyl (C=O) groups is 2. The monoisotopic (exact) mass is 481 g/mol. The number of carbonyl (C=O) groups excluding carboxylic acids is 2. The number of thiazole rings is 1. The summed E-state index contributed by atoms with van der Waals surface area (Å²) in [6.45, 7) is 6.44. The molecule has 0 bridgehead atoms. The van der Waals surface area contributed by atoms with Gasteiger partial charge in [-0.2, -0.15) is 0 Å². The van der Waals surface area contributed by atoms with Crippen molar-refractivity contribution < 1.29 is 14.3 Å². The zero-order valence-corrected chi connectivity index (χ0v) is 20.6. The summed E-state index contributed by atoms with van der Waals surface area (Å²) in [4.78, 5) is 32.0. The molecule has 1 aliphatic rings. The van der Waals surface area contributed by atoms with E-state index in [2.05, 4.69) is 10.3 Å². The third-order valence-electron chi connectivity index (χ3n) is 5.59. The predicted molar refractivity (Wildman–Crippen MR) is 134 cm³/mol. The molecule has 0 radical (unpaired) electrons. The van der Waals surface area contributed by atoms with Crippen LogP contribution < -0.4 is 10.1 Å². The summed E-state index contributed by atoms with van der Waals surface area (Å²) in [7, 11) is 0. The molecule has 1 N–H and O–H groups in total. The molecule has 2 amide bonds. The molecule has 1 aromatic heterocycles. The number of ether oxygens (including phenoxy) is 1. The van der Waals surface area contributed by atoms with Crippen molar-refractivity contribution in [3.8, 4) is 5.75 Å². The quantitative estimate of drug-likeness (QED) is 0.528. The van der Waals surface area contributed by atoms with E-state index in [1.54, 1.807) is 16.7 Å². The Kier molecular flexibility index (Phi) is 7.35. The molecule has 2 aromatic carbocycles. The van der Waals surface area contributed by atoms with Crippen LogP contribution in [0.5, 0.6) is 5.75 Å². The zero-order valence-electron chi connectivity index (χ0n) is 19.0. The highest BCUT2D eigenvalue weighted by Gasteiger charge is 2.34. The van der Waals surface area contributed by atoms with Crippen LogP contribution >= 0.6 is 23.1 Å². The highest BCUT2D eigenvalue weighted by molar-refractivity contribution is 7.99. The fourth-order valence-electron chi connectivity index (χ4n) is 3.48. The van der Waals surface area contributed by atoms with Crippen molar-refractivity contribution in [2.75, 3.05) is 16.9 Å². The molecule has 1 unspecified atom stereocenters. The van der Waals surface area contributed by atoms with Gasteiger partial charge >= 0.3 is 0 Å². The van der Waals surface area contributed by atoms with E-state index in [1.165, 1.54) is 22.5 Å². The summed E-state index contributed by atoms with van der Waals surface area (Å²) in [5.74, 6) is 1.66. The number of aromatic nitrogens is 1. The van der Waals surface area contributed by atoms with E-state index in [9.17, 15) is 9.59 Å². The van der Waals surface area contributed by atoms with Crippen LogP contribution in [-0.4, -0.2) is 39.4 Å². The fourth-order valence-corrected chi connectivity index (χ4v) is 5.37. The van der Waals surface area contributed by atoms with Gasteiger partial charge < -0.3 is 15.0 Å². The highest BCUT2D eigenvalue weighted by atomic mass is 32.2. The number of benzene rings is 2. The fraction of sp³-hybridized carbons (Fsp3) is 0.320. The van der Waals surface area contributed by atoms with Gasteiger partial charge in [-0.15, -0.1) is 23.1 Å². The number of nitrogens with zero attached hydrogens (tertiary/aromatic N) is 2. The molecule has 0 spiro atoms. The molecule has 6 nitrogen and oxygen atoms in total. The summed E-state index contributed by atoms with van der Waals surface area (Å²) in [5, 5.41) is 5.67. The van der Waals surface area contributed by atoms with E-state index in [4.69, 9.17) is 4.74 Å². The Bertz CT molecular complexity index is 1140. The van der Waals surface area contributed by atoms with Crippen molar-refractivity contribution in [2.24, 2.45) is 0 Å². The topological polar surface area (TPSA) is 71.5 Å². The minimum absolute atomic E-state index is 0.0865. The number of anilines is 1. The molecule has 1 aliphatic heterocycles. The number of thioether (sulfide) groups is 1. The maximum absolute atomic E-state index is 13.0. The zero-order chi connectivity index (χ0) is 23.4. The largest absolute Gasteiger partial charge is 0.486 e. The van der Waals surface area contributed by atoms with Gasteiger partial charge in [0.15, 0.2) is 0 Å². The molecule has 1 atom stereocenters. The Labute approximate surface area is 202 Å². The number of amides is 2. The first-order chi connectivity index (χ1) is 15.9. The molecule has 0 aliphatic carbocycles. The van der Waals surface area contributed by atoms with Gasteiger partial charge in [0.1, 0.15) is 23.4 Å². The third kappa shape index (κ3) is 5.94. The van der Waals surface area contributed by atoms with Crippen molar-refractivity contribution in [1.82, 2.24) is 9.88 Å². The second kappa shape index (κ2) is 10.4. The van der Waals surface area contributed by atoms with Crippen LogP contribution in [0.15, 0.2) is 47.8 Å². The van der Waals surface area contributed by atoms with Gasteiger partial charge in [-0.3, -0.25) is 9.59 Å². The summed E-state index contributed by atoms with van der Waals surface area (Å²) in [5.41, 5.74) is 4.93. The Hall–Kier alpha value is -2.84. The van der Waals surface area contributed by atoms with Gasteiger partial charge in [0, 0.05) is 16.8 Å². The van der Waals surface area contributed by atoms with Gasteiger partial charge in [-0.05, 0) is 56.2 Å². The van der Waals surface area contributed by atoms with Gasteiger partial charge in [-0.25, -0.2) is 4.98 Å². The maximum atomic E-state index is 13.0. The molecule has 0 saturated carbocycles. The van der Waals surface area contributed by atoms with E-state index in [-0.39, 0.29) is 18.2 Å². The maximum Gasteiger partial charge on any atom is 0.248 e. The summed E-state index contributed by atoms with van der Waals surface area (Å²) >= 11 is 3.07. The van der Waals surface area contributed by atoms with Crippen LogP contribution in [0.1, 0.15) is 27.4 Å². The van der Waals surface area contributed by atoms with Crippen molar-refractivity contribution in [3.05, 3.63) is 75.2 Å². The number of rotatable bonds is 7. The Balaban J connectivity index is 1.33. The van der Waals surface area contributed by atoms with Crippen LogP contribution in [0.25, 0.3) is 0 Å². The molecule has 1 fully saturated rings. The van der Waals surface area contributed by atoms with Crippen LogP contribution in [0.3, 0.4) is 0 Å². The van der Waals surface area contributed by atoms with Crippen LogP contribution in [0.4, 0.5) is 5.69 Å². The molecular formula is C25H27N3O3S2. The van der Waals surface area contributed by atoms with Crippen LogP contribution in [0, 0.1) is 20.8 Å². The van der Waals surface area contributed by atoms with Crippen molar-refractivity contribution in [3.63, 3.8) is 0 Å². The summed E-state index contributed by atoms with van der Waals surface area (Å²) in [6.07, 6.45) is 0.176. The second-order valence-corrected chi connectivity index (χ2v) is 10.1. The van der Waals surface area contributed by atoms with Crippen LogP contribution in [0.2, 0.25) is 0 Å². The number of hydrogen-bond donors (Lipinski definition) is 1. The van der Waals surface area contributed by atoms with Crippen molar-refractivity contribution >= 4 is 40.6 Å². The molecule has 1 saturated heterocycles. The average molecular weight is 482 g/mol. The number of aryl methyl sites for hydroxylation is 3. The Morgan fingerprint density at radius 2 is 1.91 bits per heavy atom. The number of nitrogens with one attached hydrogen (secondary N) is 1. The second-order valence-electron chi connectivity index (χ2n) is 8.18. The first kappa shape index (κ1) is 23.3. The lowest BCUT2D eigenvalue weighted by Gasteiger charge is -2.23. The minimum Gasteiger partial charge on any atom is -0.486 e. The van der Waals surface area contributed by atoms with E-state index in [0.29, 0.717) is 23.9 Å². The van der Waals surface area contributed by atoms with Gasteiger partial charge in [-0.1, -0.05) is 23.8 Å². The first-order valence-corrected chi connectivity index (χ1v) is 12.8. The van der Waals surface area contributed by atoms with E-state index in [0.717, 1.165) is 22.0 Å². The van der Waals surface area contributed by atoms with E-state index >= 15 is 0 Å². The Morgan fingerprint density at radius 3 is 2.67 bits per heavy atom. The van der Waals surface area contributed by atoms with Gasteiger partial charge in [0.25, 0.3) is 0 Å². The minimum atomic E-state index is -0.480. The average Bonchev–Trinajstić information content (AvgIpc) is 3.46. The Morgan fingerprint density at radius 1 is 1.12 bits per heavy atom. The van der Waals surface area contributed by atoms with E-state index in [1.807, 2.05) is 68.6 Å². The van der Waals surface area contributed by atoms with Crippen molar-refractivity contribution in [2.45, 2.75) is 39.8 Å². The molecule has 2 heterocycles. The predicted octanol–water partition coefficient (Wildman–Crippen LogP) is 4.73. The van der Waals surface area contributed by atoms with E-state index < -0.39 is 6.04 Å². The lowest BCUT2D eigenvalue weighted by molar-refractivity contribution is -0.135. The molecule has 8 heteroatoms. The first-order valence-electron chi connectivity index (χ1n) is 10.8. The SMILES string of the molecule is Cc1ccc(OCc2nc(CC(=O)N3CSCC3C(=O)Nc3ccc(C)c(C)c3)cs2)cc1. The lowest BCUT2D eigenvalue weighted by Crippen LogP contribution is -2.45. The smallest absolute Gasteiger partial charge is 0.248 e.